The van der Waals surface area contributed by atoms with Gasteiger partial charge in [0.25, 0.3) is 1.43 Å². The number of rotatable bonds is 7. The Balaban J connectivity index is 4.30. The molecule has 0 fully saturated rings. The Morgan fingerprint density at radius 1 is 1.56 bits per heavy atom. The number of hydrogen-bond donors (Lipinski definition) is 4. The summed E-state index contributed by atoms with van der Waals surface area (Å²) in [6.07, 6.45) is -0.505. The molecule has 0 aromatic heterocycles. The Labute approximate surface area is 92.9 Å². The fraction of sp³-hybridized carbons (Fsp3) is 0.625. The number of methoxy groups -OCH3 is 1. The molecule has 1 amide bonds. The normalized spacial score (nSPS) is 14.5. The van der Waals surface area contributed by atoms with Crippen LogP contribution in [0.2, 0.25) is 0 Å². The van der Waals surface area contributed by atoms with Crippen molar-refractivity contribution in [1.29, 1.82) is 1.43 Å². The van der Waals surface area contributed by atoms with Crippen LogP contribution in [0.15, 0.2) is 0 Å². The number of carbonyl (C=O) groups is 3. The Hall–Kier alpha value is -1.67. The number of carboxylic acids is 2. The van der Waals surface area contributed by atoms with Gasteiger partial charge in [-0.25, -0.2) is 4.79 Å². The van der Waals surface area contributed by atoms with Gasteiger partial charge in [-0.05, 0) is 0 Å². The first kappa shape index (κ1) is 12.4. The van der Waals surface area contributed by atoms with Gasteiger partial charge in [-0.3, -0.25) is 9.59 Å². The summed E-state index contributed by atoms with van der Waals surface area (Å²) in [5, 5.41) is 14.4. The minimum atomic E-state index is -1.28. The Morgan fingerprint density at radius 2 is 2.19 bits per heavy atom. The van der Waals surface area contributed by atoms with E-state index in [0.717, 1.165) is 0 Å². The molecule has 92 valence electrons. The van der Waals surface area contributed by atoms with Crippen LogP contribution in [0.25, 0.3) is 1.43 Å². The number of ether oxygens (including phenoxy) is 1. The first-order chi connectivity index (χ1) is 7.92. The molecule has 0 bridgehead atoms. The lowest BCUT2D eigenvalue weighted by Gasteiger charge is -2.16. The number of carboxylic acid groups (broad SMARTS) is 2. The maximum Gasteiger partial charge on any atom is 0.328 e. The van der Waals surface area contributed by atoms with E-state index in [1.807, 2.05) is 0 Å². The quantitative estimate of drug-likeness (QED) is 0.400. The van der Waals surface area contributed by atoms with Crippen molar-refractivity contribution in [3.8, 4) is 0 Å². The largest absolute Gasteiger partial charge is 0.481 e. The average Bonchev–Trinajstić information content (AvgIpc) is 2.27. The zero-order valence-corrected chi connectivity index (χ0v) is 8.63. The summed E-state index contributed by atoms with van der Waals surface area (Å²) >= 11 is 0. The first-order valence-electron chi connectivity index (χ1n) is 4.76. The highest BCUT2D eigenvalue weighted by Crippen LogP contribution is 1.92. The van der Waals surface area contributed by atoms with E-state index in [4.69, 9.17) is 12.3 Å². The zero-order valence-electron chi connectivity index (χ0n) is 9.63. The molecule has 0 aliphatic heterocycles. The maximum atomic E-state index is 11.4. The van der Waals surface area contributed by atoms with Crippen molar-refractivity contribution in [3.05, 3.63) is 0 Å². The predicted octanol–water partition coefficient (Wildman–Crippen LogP) is -2.00. The van der Waals surface area contributed by atoms with Crippen molar-refractivity contribution >= 4 is 17.8 Å². The van der Waals surface area contributed by atoms with Crippen LogP contribution >= 0.6 is 0 Å². The molecule has 0 aliphatic rings. The number of aliphatic carboxylic acids is 2. The summed E-state index contributed by atoms with van der Waals surface area (Å²) in [5.41, 5.74) is 5.31. The van der Waals surface area contributed by atoms with Crippen LogP contribution in [0.4, 0.5) is 0 Å². The molecule has 0 aromatic rings. The molecule has 5 N–H and O–H groups in total. The Kier molecular flexibility index (Phi) is 5.23. The van der Waals surface area contributed by atoms with Crippen LogP contribution in [-0.4, -0.2) is 53.9 Å². The second-order valence-electron chi connectivity index (χ2n) is 3.04. The third-order valence-electron chi connectivity index (χ3n) is 1.67. The Bertz CT molecular complexity index is 298. The molecule has 0 saturated heterocycles. The lowest BCUT2D eigenvalue weighted by atomic mass is 10.2. The molecule has 0 spiro atoms. The van der Waals surface area contributed by atoms with Crippen LogP contribution in [0.3, 0.4) is 0 Å². The molecule has 0 aliphatic carbocycles. The molecular weight excluding hydrogens is 220 g/mol. The van der Waals surface area contributed by atoms with Crippen molar-refractivity contribution in [1.82, 2.24) is 5.32 Å². The topological polar surface area (TPSA) is 139 Å². The van der Waals surface area contributed by atoms with Crippen LogP contribution in [0, 0.1) is 0 Å². The van der Waals surface area contributed by atoms with E-state index in [-0.39, 0.29) is 6.61 Å². The molecule has 0 saturated carbocycles. The molecule has 8 nitrogen and oxygen atoms in total. The van der Waals surface area contributed by atoms with Crippen molar-refractivity contribution in [2.24, 2.45) is 5.73 Å². The van der Waals surface area contributed by atoms with E-state index in [1.54, 1.807) is 0 Å². The van der Waals surface area contributed by atoms with Crippen molar-refractivity contribution < 1.29 is 29.3 Å². The van der Waals surface area contributed by atoms with E-state index in [1.165, 1.54) is 7.11 Å². The second-order valence-corrected chi connectivity index (χ2v) is 3.04. The molecule has 0 radical (unpaired) electrons. The molecule has 8 heteroatoms. The van der Waals surface area contributed by atoms with E-state index in [0.29, 0.717) is 0 Å². The molecular formula is C8H14N2O6. The summed E-state index contributed by atoms with van der Waals surface area (Å²) in [6.45, 7) is -0.226. The summed E-state index contributed by atoms with van der Waals surface area (Å²) in [7, 11) is 1.28. The number of nitrogens with one attached hydrogen (secondary N) is 1. The standard InChI is InChI=1S/C8H14N2O6/c1-16-3-5(8(14)15)10-7(13)4(9)2-6(11)12/h4-5H,2-3,9H2,1H3,(H,10,13)(H,11,12)(H,14,15)/t4-,5-/m0/s1/i/hD. The number of amides is 1. The lowest BCUT2D eigenvalue weighted by Crippen LogP contribution is -2.50. The monoisotopic (exact) mass is 235 g/mol. The van der Waals surface area contributed by atoms with Crippen molar-refractivity contribution in [2.45, 2.75) is 18.5 Å². The van der Waals surface area contributed by atoms with Crippen molar-refractivity contribution in [3.63, 3.8) is 0 Å². The number of hydrogen-bond acceptors (Lipinski definition) is 6. The summed E-state index contributed by atoms with van der Waals surface area (Å²) in [5.74, 6) is -3.10. The first-order valence-corrected chi connectivity index (χ1v) is 4.36. The van der Waals surface area contributed by atoms with E-state index >= 15 is 0 Å². The SMILES string of the molecule is [2H]OC(=O)C[C@H](N)C(=O)N[C@@H](COC)C(=O)O. The molecule has 0 unspecified atom stereocenters. The summed E-state index contributed by atoms with van der Waals surface area (Å²) < 4.78 is 10.9. The van der Waals surface area contributed by atoms with Gasteiger partial charge >= 0.3 is 11.9 Å². The highest BCUT2D eigenvalue weighted by atomic mass is 16.5. The van der Waals surface area contributed by atoms with Crippen LogP contribution in [0.5, 0.6) is 0 Å². The number of nitrogens with two attached hydrogens (primary N) is 1. The van der Waals surface area contributed by atoms with E-state index in [9.17, 15) is 14.4 Å². The van der Waals surface area contributed by atoms with E-state index in [2.05, 4.69) is 15.2 Å². The van der Waals surface area contributed by atoms with Gasteiger partial charge in [-0.2, -0.15) is 0 Å². The third-order valence-corrected chi connectivity index (χ3v) is 1.67. The van der Waals surface area contributed by atoms with Gasteiger partial charge in [0.1, 0.15) is 0 Å². The zero-order chi connectivity index (χ0) is 13.4. The fourth-order valence-corrected chi connectivity index (χ4v) is 0.892. The van der Waals surface area contributed by atoms with Gasteiger partial charge in [0.05, 0.1) is 19.1 Å². The molecule has 0 aromatic carbocycles. The fourth-order valence-electron chi connectivity index (χ4n) is 0.892. The van der Waals surface area contributed by atoms with Gasteiger partial charge in [-0.1, -0.05) is 0 Å². The second kappa shape index (κ2) is 6.75. The number of carbonyl (C=O) groups excluding carboxylic acids is 1. The minimum absolute atomic E-state index is 0.226. The molecule has 0 heterocycles. The minimum Gasteiger partial charge on any atom is -0.481 e. The molecule has 16 heavy (non-hydrogen) atoms. The van der Waals surface area contributed by atoms with Crippen LogP contribution < -0.4 is 11.1 Å². The highest BCUT2D eigenvalue weighted by molar-refractivity contribution is 5.89. The van der Waals surface area contributed by atoms with E-state index < -0.39 is 36.4 Å². The van der Waals surface area contributed by atoms with Gasteiger partial charge in [0.15, 0.2) is 6.04 Å². The van der Waals surface area contributed by atoms with Gasteiger partial charge in [0, 0.05) is 7.11 Å². The predicted molar refractivity (Wildman–Crippen MR) is 51.7 cm³/mol. The van der Waals surface area contributed by atoms with Gasteiger partial charge in [-0.15, -0.1) is 0 Å². The van der Waals surface area contributed by atoms with Crippen LogP contribution in [-0.2, 0) is 19.1 Å². The third kappa shape index (κ3) is 5.27. The lowest BCUT2D eigenvalue weighted by molar-refractivity contribution is -0.144. The van der Waals surface area contributed by atoms with Gasteiger partial charge in [0.2, 0.25) is 5.91 Å². The smallest absolute Gasteiger partial charge is 0.328 e. The Morgan fingerprint density at radius 3 is 2.62 bits per heavy atom. The summed E-state index contributed by atoms with van der Waals surface area (Å²) in [4.78, 5) is 32.7. The van der Waals surface area contributed by atoms with Crippen LogP contribution in [0.1, 0.15) is 6.42 Å². The highest BCUT2D eigenvalue weighted by Gasteiger charge is 2.24. The van der Waals surface area contributed by atoms with Crippen molar-refractivity contribution in [2.75, 3.05) is 13.7 Å². The van der Waals surface area contributed by atoms with Gasteiger partial charge < -0.3 is 26.0 Å². The molecule has 0 rings (SSSR count). The summed E-state index contributed by atoms with van der Waals surface area (Å²) in [6, 6.07) is -2.52. The molecule has 2 atom stereocenters. The maximum absolute atomic E-state index is 11.4. The average molecular weight is 235 g/mol.